The third-order valence-corrected chi connectivity index (χ3v) is 1.96. The van der Waals surface area contributed by atoms with Crippen LogP contribution in [0.1, 0.15) is 26.3 Å². The van der Waals surface area contributed by atoms with Gasteiger partial charge in [0.15, 0.2) is 0 Å². The van der Waals surface area contributed by atoms with Gasteiger partial charge in [-0.1, -0.05) is 0 Å². The van der Waals surface area contributed by atoms with E-state index in [1.54, 1.807) is 6.29 Å². The van der Waals surface area contributed by atoms with Crippen molar-refractivity contribution >= 4 is 18.2 Å². The standard InChI is InChI=1S/C11H9O5/c1-15-10(13)7-3-4-8(6-12)9(5-7)11(14)16-2/h3-5H,1-2H3. The Hall–Kier alpha value is -2.17. The second-order valence-electron chi connectivity index (χ2n) is 2.85. The van der Waals surface area contributed by atoms with Gasteiger partial charge in [0, 0.05) is 5.56 Å². The Kier molecular flexibility index (Phi) is 3.77. The highest BCUT2D eigenvalue weighted by molar-refractivity contribution is 6.01. The molecular weight excluding hydrogens is 212 g/mol. The molecule has 0 saturated heterocycles. The summed E-state index contributed by atoms with van der Waals surface area (Å²) in [5.74, 6) is -1.30. The number of esters is 2. The van der Waals surface area contributed by atoms with E-state index >= 15 is 0 Å². The first-order valence-electron chi connectivity index (χ1n) is 4.33. The zero-order valence-corrected chi connectivity index (χ0v) is 8.77. The van der Waals surface area contributed by atoms with E-state index in [0.29, 0.717) is 0 Å². The number of benzene rings is 1. The van der Waals surface area contributed by atoms with E-state index in [4.69, 9.17) is 0 Å². The van der Waals surface area contributed by atoms with Crippen LogP contribution >= 0.6 is 0 Å². The maximum atomic E-state index is 11.3. The number of carbonyl (C=O) groups is 2. The van der Waals surface area contributed by atoms with Gasteiger partial charge in [0.25, 0.3) is 0 Å². The molecule has 0 atom stereocenters. The van der Waals surface area contributed by atoms with Gasteiger partial charge in [-0.25, -0.2) is 9.59 Å². The molecule has 1 radical (unpaired) electrons. The van der Waals surface area contributed by atoms with Crippen LogP contribution in [0.4, 0.5) is 0 Å². The predicted molar refractivity (Wildman–Crippen MR) is 53.9 cm³/mol. The summed E-state index contributed by atoms with van der Waals surface area (Å²) in [5, 5.41) is 0. The van der Waals surface area contributed by atoms with Crippen LogP contribution in [0.5, 0.6) is 0 Å². The van der Waals surface area contributed by atoms with Crippen LogP contribution in [-0.4, -0.2) is 32.4 Å². The minimum atomic E-state index is -0.705. The van der Waals surface area contributed by atoms with E-state index < -0.39 is 11.9 Å². The van der Waals surface area contributed by atoms with Crippen LogP contribution in [0, 0.1) is 0 Å². The molecule has 0 heterocycles. The molecule has 0 aliphatic carbocycles. The summed E-state index contributed by atoms with van der Waals surface area (Å²) in [6.07, 6.45) is 1.59. The maximum absolute atomic E-state index is 11.3. The van der Waals surface area contributed by atoms with Gasteiger partial charge in [-0.2, -0.15) is 0 Å². The van der Waals surface area contributed by atoms with Gasteiger partial charge >= 0.3 is 11.9 Å². The van der Waals surface area contributed by atoms with E-state index in [0.717, 1.165) is 0 Å². The highest BCUT2D eigenvalue weighted by Gasteiger charge is 2.15. The van der Waals surface area contributed by atoms with E-state index in [9.17, 15) is 14.4 Å². The van der Waals surface area contributed by atoms with Crippen LogP contribution in [0.15, 0.2) is 18.2 Å². The number of rotatable bonds is 3. The Morgan fingerprint density at radius 3 is 2.25 bits per heavy atom. The van der Waals surface area contributed by atoms with Gasteiger partial charge in [0.05, 0.1) is 25.3 Å². The summed E-state index contributed by atoms with van der Waals surface area (Å²) in [7, 11) is 2.40. The topological polar surface area (TPSA) is 69.7 Å². The lowest BCUT2D eigenvalue weighted by Gasteiger charge is -2.04. The van der Waals surface area contributed by atoms with Crippen LogP contribution in [0.25, 0.3) is 0 Å². The van der Waals surface area contributed by atoms with Crippen molar-refractivity contribution in [2.75, 3.05) is 14.2 Å². The Labute approximate surface area is 92.0 Å². The number of hydrogen-bond donors (Lipinski definition) is 0. The minimum absolute atomic E-state index is 0.0135. The Morgan fingerprint density at radius 2 is 1.75 bits per heavy atom. The Balaban J connectivity index is 3.26. The van der Waals surface area contributed by atoms with Gasteiger partial charge in [-0.3, -0.25) is 4.79 Å². The number of methoxy groups -OCH3 is 2. The quantitative estimate of drug-likeness (QED) is 0.703. The number of carbonyl (C=O) groups excluding carboxylic acids is 3. The maximum Gasteiger partial charge on any atom is 0.338 e. The largest absolute Gasteiger partial charge is 0.465 e. The molecule has 16 heavy (non-hydrogen) atoms. The molecule has 0 spiro atoms. The van der Waals surface area contributed by atoms with Crippen molar-refractivity contribution in [2.45, 2.75) is 0 Å². The molecule has 0 aromatic heterocycles. The predicted octanol–water partition coefficient (Wildman–Crippen LogP) is 0.718. The molecule has 1 aromatic carbocycles. The molecule has 1 aromatic rings. The fourth-order valence-electron chi connectivity index (χ4n) is 1.16. The molecule has 0 amide bonds. The SMILES string of the molecule is COC(=O)c1ccc([C]=O)c(C(=O)OC)c1. The second kappa shape index (κ2) is 5.06. The summed E-state index contributed by atoms with van der Waals surface area (Å²) in [5.41, 5.74) is 0.196. The highest BCUT2D eigenvalue weighted by Crippen LogP contribution is 2.12. The van der Waals surface area contributed by atoms with Gasteiger partial charge in [-0.05, 0) is 18.2 Å². The first-order valence-corrected chi connectivity index (χ1v) is 4.33. The average Bonchev–Trinajstić information content (AvgIpc) is 2.35. The normalized spacial score (nSPS) is 9.38. The van der Waals surface area contributed by atoms with Crippen molar-refractivity contribution in [3.05, 3.63) is 34.9 Å². The smallest absolute Gasteiger partial charge is 0.338 e. The van der Waals surface area contributed by atoms with Gasteiger partial charge in [0.2, 0.25) is 6.29 Å². The van der Waals surface area contributed by atoms with Crippen LogP contribution in [0.2, 0.25) is 0 Å². The van der Waals surface area contributed by atoms with E-state index in [2.05, 4.69) is 9.47 Å². The summed E-state index contributed by atoms with van der Waals surface area (Å²) in [6, 6.07) is 3.92. The molecule has 0 unspecified atom stereocenters. The second-order valence-corrected chi connectivity index (χ2v) is 2.85. The van der Waals surface area contributed by atoms with Crippen LogP contribution in [0.3, 0.4) is 0 Å². The van der Waals surface area contributed by atoms with Crippen molar-refractivity contribution in [1.29, 1.82) is 0 Å². The molecule has 0 saturated carbocycles. The molecule has 5 heteroatoms. The average molecular weight is 221 g/mol. The van der Waals surface area contributed by atoms with Crippen molar-refractivity contribution in [3.63, 3.8) is 0 Å². The number of hydrogen-bond acceptors (Lipinski definition) is 5. The van der Waals surface area contributed by atoms with Crippen molar-refractivity contribution < 1.29 is 23.9 Å². The lowest BCUT2D eigenvalue weighted by Crippen LogP contribution is -2.09. The molecular formula is C11H9O5. The molecule has 0 fully saturated rings. The van der Waals surface area contributed by atoms with E-state index in [-0.39, 0.29) is 16.7 Å². The fourth-order valence-corrected chi connectivity index (χ4v) is 1.16. The Bertz CT molecular complexity index is 436. The Morgan fingerprint density at radius 1 is 1.12 bits per heavy atom. The molecule has 0 aliphatic rings. The zero-order chi connectivity index (χ0) is 12.1. The monoisotopic (exact) mass is 221 g/mol. The third-order valence-electron chi connectivity index (χ3n) is 1.96. The fraction of sp³-hybridized carbons (Fsp3) is 0.182. The van der Waals surface area contributed by atoms with E-state index in [1.165, 1.54) is 32.4 Å². The lowest BCUT2D eigenvalue weighted by molar-refractivity contribution is 0.0599. The number of ether oxygens (including phenoxy) is 2. The zero-order valence-electron chi connectivity index (χ0n) is 8.77. The van der Waals surface area contributed by atoms with Crippen molar-refractivity contribution in [1.82, 2.24) is 0 Å². The lowest BCUT2D eigenvalue weighted by atomic mass is 10.0. The van der Waals surface area contributed by atoms with Gasteiger partial charge < -0.3 is 9.47 Å². The first-order chi connectivity index (χ1) is 7.63. The van der Waals surface area contributed by atoms with Crippen molar-refractivity contribution in [2.24, 2.45) is 0 Å². The molecule has 83 valence electrons. The summed E-state index contributed by atoms with van der Waals surface area (Å²) >= 11 is 0. The summed E-state index contributed by atoms with van der Waals surface area (Å²) < 4.78 is 8.97. The molecule has 0 N–H and O–H groups in total. The van der Waals surface area contributed by atoms with Crippen molar-refractivity contribution in [3.8, 4) is 0 Å². The van der Waals surface area contributed by atoms with E-state index in [1.807, 2.05) is 0 Å². The summed E-state index contributed by atoms with van der Waals surface area (Å²) in [4.78, 5) is 33.1. The molecule has 0 bridgehead atoms. The van der Waals surface area contributed by atoms with Crippen LogP contribution in [-0.2, 0) is 14.3 Å². The van der Waals surface area contributed by atoms with Crippen LogP contribution < -0.4 is 0 Å². The first kappa shape index (κ1) is 11.9. The summed E-state index contributed by atoms with van der Waals surface area (Å²) in [6.45, 7) is 0. The minimum Gasteiger partial charge on any atom is -0.465 e. The molecule has 5 nitrogen and oxygen atoms in total. The van der Waals surface area contributed by atoms with Gasteiger partial charge in [-0.15, -0.1) is 0 Å². The highest BCUT2D eigenvalue weighted by atomic mass is 16.5. The van der Waals surface area contributed by atoms with Gasteiger partial charge in [0.1, 0.15) is 0 Å². The molecule has 1 rings (SSSR count). The third kappa shape index (κ3) is 2.25. The molecule has 0 aliphatic heterocycles.